The van der Waals surface area contributed by atoms with Crippen LogP contribution in [0.15, 0.2) is 60.7 Å². The normalized spacial score (nSPS) is 10.5. The van der Waals surface area contributed by atoms with Gasteiger partial charge in [0.05, 0.1) is 12.2 Å². The van der Waals surface area contributed by atoms with Crippen molar-refractivity contribution >= 4 is 18.1 Å². The monoisotopic (exact) mass is 353 g/mol. The van der Waals surface area contributed by atoms with E-state index in [4.69, 9.17) is 9.47 Å². The number of benzene rings is 2. The van der Waals surface area contributed by atoms with Crippen LogP contribution in [0.5, 0.6) is 0 Å². The molecule has 26 heavy (non-hydrogen) atoms. The number of carbonyl (C=O) groups is 2. The number of alkyl carbamates (subject to hydrolysis) is 1. The SMILES string of the molecule is CCOC(=O)c1cccc(C=CCCNC(=O)OCc2ccccc2)c1. The molecule has 2 aromatic carbocycles. The zero-order valence-corrected chi connectivity index (χ0v) is 14.8. The molecule has 0 fully saturated rings. The van der Waals surface area contributed by atoms with Crippen LogP contribution >= 0.6 is 0 Å². The largest absolute Gasteiger partial charge is 0.462 e. The van der Waals surface area contributed by atoms with Crippen molar-refractivity contribution in [1.82, 2.24) is 5.32 Å². The molecule has 5 heteroatoms. The molecule has 0 heterocycles. The molecule has 0 aliphatic carbocycles. The van der Waals surface area contributed by atoms with Crippen LogP contribution in [-0.4, -0.2) is 25.2 Å². The fraction of sp³-hybridized carbons (Fsp3) is 0.238. The molecule has 1 N–H and O–H groups in total. The molecule has 1 amide bonds. The fourth-order valence-electron chi connectivity index (χ4n) is 2.23. The summed E-state index contributed by atoms with van der Waals surface area (Å²) in [6, 6.07) is 16.7. The number of hydrogen-bond acceptors (Lipinski definition) is 4. The number of amides is 1. The van der Waals surface area contributed by atoms with Crippen molar-refractivity contribution in [3.05, 3.63) is 77.4 Å². The molecule has 0 atom stereocenters. The molecule has 0 aliphatic heterocycles. The first kappa shape index (κ1) is 19.2. The first-order valence-electron chi connectivity index (χ1n) is 8.57. The molecule has 5 nitrogen and oxygen atoms in total. The lowest BCUT2D eigenvalue weighted by molar-refractivity contribution is 0.0526. The molecular formula is C21H23NO4. The minimum Gasteiger partial charge on any atom is -0.462 e. The minimum absolute atomic E-state index is 0.253. The second kappa shape index (κ2) is 10.7. The van der Waals surface area contributed by atoms with Crippen LogP contribution in [0.3, 0.4) is 0 Å². The quantitative estimate of drug-likeness (QED) is 0.571. The third kappa shape index (κ3) is 6.81. The van der Waals surface area contributed by atoms with Crippen molar-refractivity contribution in [3.63, 3.8) is 0 Å². The highest BCUT2D eigenvalue weighted by molar-refractivity contribution is 5.90. The Balaban J connectivity index is 1.69. The van der Waals surface area contributed by atoms with Crippen molar-refractivity contribution in [2.24, 2.45) is 0 Å². The van der Waals surface area contributed by atoms with Gasteiger partial charge in [0, 0.05) is 6.54 Å². The lowest BCUT2D eigenvalue weighted by Gasteiger charge is -2.06. The standard InChI is InChI=1S/C21H23NO4/c1-2-25-20(23)19-13-8-12-17(15-19)9-6-7-14-22-21(24)26-16-18-10-4-3-5-11-18/h3-6,8-13,15H,2,7,14,16H2,1H3,(H,22,24). The topological polar surface area (TPSA) is 64.6 Å². The van der Waals surface area contributed by atoms with E-state index in [1.54, 1.807) is 19.1 Å². The van der Waals surface area contributed by atoms with Gasteiger partial charge in [0.2, 0.25) is 0 Å². The van der Waals surface area contributed by atoms with Crippen LogP contribution in [-0.2, 0) is 16.1 Å². The second-order valence-corrected chi connectivity index (χ2v) is 5.53. The zero-order valence-electron chi connectivity index (χ0n) is 14.8. The van der Waals surface area contributed by atoms with E-state index in [-0.39, 0.29) is 12.6 Å². The fourth-order valence-corrected chi connectivity index (χ4v) is 2.23. The highest BCUT2D eigenvalue weighted by Crippen LogP contribution is 2.09. The van der Waals surface area contributed by atoms with Gasteiger partial charge in [-0.1, -0.05) is 54.6 Å². The molecule has 0 aliphatic rings. The number of rotatable bonds is 8. The maximum atomic E-state index is 11.7. The van der Waals surface area contributed by atoms with Crippen LogP contribution in [0.2, 0.25) is 0 Å². The Morgan fingerprint density at radius 3 is 2.62 bits per heavy atom. The molecule has 2 rings (SSSR count). The molecule has 2 aromatic rings. The lowest BCUT2D eigenvalue weighted by Crippen LogP contribution is -2.24. The summed E-state index contributed by atoms with van der Waals surface area (Å²) in [5.41, 5.74) is 2.38. The number of ether oxygens (including phenoxy) is 2. The molecule has 0 unspecified atom stereocenters. The van der Waals surface area contributed by atoms with Crippen LogP contribution in [0.1, 0.15) is 34.8 Å². The average Bonchev–Trinajstić information content (AvgIpc) is 2.67. The third-order valence-corrected chi connectivity index (χ3v) is 3.50. The van der Waals surface area contributed by atoms with Crippen LogP contribution in [0.25, 0.3) is 6.08 Å². The molecule has 0 radical (unpaired) electrons. The minimum atomic E-state index is -0.438. The van der Waals surface area contributed by atoms with E-state index in [0.29, 0.717) is 25.1 Å². The summed E-state index contributed by atoms with van der Waals surface area (Å²) in [5.74, 6) is -0.328. The third-order valence-electron chi connectivity index (χ3n) is 3.50. The van der Waals surface area contributed by atoms with Gasteiger partial charge in [0.15, 0.2) is 0 Å². The van der Waals surface area contributed by atoms with E-state index in [1.807, 2.05) is 54.6 Å². The van der Waals surface area contributed by atoms with Gasteiger partial charge >= 0.3 is 12.1 Å². The first-order valence-corrected chi connectivity index (χ1v) is 8.57. The second-order valence-electron chi connectivity index (χ2n) is 5.53. The van der Waals surface area contributed by atoms with E-state index in [0.717, 1.165) is 11.1 Å². The Bertz CT molecular complexity index is 741. The molecule has 0 saturated heterocycles. The maximum absolute atomic E-state index is 11.7. The van der Waals surface area contributed by atoms with Gasteiger partial charge in [-0.15, -0.1) is 0 Å². The summed E-state index contributed by atoms with van der Waals surface area (Å²) in [7, 11) is 0. The predicted molar refractivity (Wildman–Crippen MR) is 101 cm³/mol. The van der Waals surface area contributed by atoms with Crippen LogP contribution < -0.4 is 5.32 Å². The number of hydrogen-bond donors (Lipinski definition) is 1. The molecule has 0 spiro atoms. The lowest BCUT2D eigenvalue weighted by atomic mass is 10.1. The van der Waals surface area contributed by atoms with Gasteiger partial charge in [-0.3, -0.25) is 0 Å². The summed E-state index contributed by atoms with van der Waals surface area (Å²) in [6.45, 7) is 2.86. The molecule has 0 bridgehead atoms. The number of nitrogens with one attached hydrogen (secondary N) is 1. The van der Waals surface area contributed by atoms with E-state index >= 15 is 0 Å². The van der Waals surface area contributed by atoms with Crippen molar-refractivity contribution in [2.75, 3.05) is 13.2 Å². The van der Waals surface area contributed by atoms with E-state index in [2.05, 4.69) is 5.32 Å². The van der Waals surface area contributed by atoms with Crippen LogP contribution in [0.4, 0.5) is 4.79 Å². The van der Waals surface area contributed by atoms with E-state index < -0.39 is 6.09 Å². The van der Waals surface area contributed by atoms with Crippen molar-refractivity contribution in [2.45, 2.75) is 20.0 Å². The summed E-state index contributed by atoms with van der Waals surface area (Å²) >= 11 is 0. The Kier molecular flexibility index (Phi) is 7.93. The summed E-state index contributed by atoms with van der Waals surface area (Å²) < 4.78 is 10.1. The van der Waals surface area contributed by atoms with Crippen molar-refractivity contribution < 1.29 is 19.1 Å². The van der Waals surface area contributed by atoms with Crippen molar-refractivity contribution in [1.29, 1.82) is 0 Å². The number of carbonyl (C=O) groups excluding carboxylic acids is 2. The molecule has 0 saturated carbocycles. The van der Waals surface area contributed by atoms with Gasteiger partial charge in [0.25, 0.3) is 0 Å². The maximum Gasteiger partial charge on any atom is 0.407 e. The predicted octanol–water partition coefficient (Wildman–Crippen LogP) is 4.19. The summed E-state index contributed by atoms with van der Waals surface area (Å²) in [5, 5.41) is 2.70. The van der Waals surface area contributed by atoms with Crippen LogP contribution in [0, 0.1) is 0 Å². The highest BCUT2D eigenvalue weighted by atomic mass is 16.5. The average molecular weight is 353 g/mol. The van der Waals surface area contributed by atoms with E-state index in [9.17, 15) is 9.59 Å². The summed E-state index contributed by atoms with van der Waals surface area (Å²) in [6.07, 6.45) is 4.05. The van der Waals surface area contributed by atoms with Gasteiger partial charge in [-0.25, -0.2) is 9.59 Å². The summed E-state index contributed by atoms with van der Waals surface area (Å²) in [4.78, 5) is 23.3. The van der Waals surface area contributed by atoms with Gasteiger partial charge < -0.3 is 14.8 Å². The molecule has 0 aromatic heterocycles. The Morgan fingerprint density at radius 2 is 1.85 bits per heavy atom. The van der Waals surface area contributed by atoms with Gasteiger partial charge in [0.1, 0.15) is 6.61 Å². The van der Waals surface area contributed by atoms with Gasteiger partial charge in [-0.2, -0.15) is 0 Å². The smallest absolute Gasteiger partial charge is 0.407 e. The first-order chi connectivity index (χ1) is 12.7. The Morgan fingerprint density at radius 1 is 1.04 bits per heavy atom. The molecule has 136 valence electrons. The Labute approximate surface area is 153 Å². The Hall–Kier alpha value is -3.08. The zero-order chi connectivity index (χ0) is 18.6. The van der Waals surface area contributed by atoms with E-state index in [1.165, 1.54) is 0 Å². The highest BCUT2D eigenvalue weighted by Gasteiger charge is 2.05. The van der Waals surface area contributed by atoms with Crippen molar-refractivity contribution in [3.8, 4) is 0 Å². The number of esters is 1. The van der Waals surface area contributed by atoms with Gasteiger partial charge in [-0.05, 0) is 36.6 Å². The molecular weight excluding hydrogens is 330 g/mol.